The van der Waals surface area contributed by atoms with E-state index < -0.39 is 30.5 Å². The standard InChI is InChI=1S/C39H37O5Si/c1-27-16-15-25-33(35(27)28(2)45)36-38(42-31-21-11-5-12-22-31)39(43-32-23-13-6-14-24-32)37(41-30-19-9-4-10-20-30)34(44-36)26-40-29-17-7-3-8-18-29/h3-25,28,34,36-39H,26H2,1-2H3/t28?,34-,36-,37-,38-,39+/m1/s1. The van der Waals surface area contributed by atoms with Gasteiger partial charge >= 0.3 is 0 Å². The molecule has 1 heterocycles. The Morgan fingerprint density at radius 3 is 1.56 bits per heavy atom. The lowest BCUT2D eigenvalue weighted by atomic mass is 9.86. The summed E-state index contributed by atoms with van der Waals surface area (Å²) >= 11 is 0. The Balaban J connectivity index is 1.49. The first-order chi connectivity index (χ1) is 22.1. The Kier molecular flexibility index (Phi) is 9.83. The van der Waals surface area contributed by atoms with Crippen LogP contribution in [0.1, 0.15) is 35.3 Å². The van der Waals surface area contributed by atoms with Crippen molar-refractivity contribution in [1.82, 2.24) is 0 Å². The van der Waals surface area contributed by atoms with E-state index in [0.717, 1.165) is 28.2 Å². The number of benzene rings is 5. The average molecular weight is 614 g/mol. The zero-order valence-electron chi connectivity index (χ0n) is 25.5. The zero-order chi connectivity index (χ0) is 31.0. The molecule has 6 heteroatoms. The third kappa shape index (κ3) is 7.41. The number of hydrogen-bond acceptors (Lipinski definition) is 5. The molecule has 5 aromatic rings. The van der Waals surface area contributed by atoms with E-state index in [9.17, 15) is 0 Å². The van der Waals surface area contributed by atoms with Crippen LogP contribution in [0.5, 0.6) is 23.0 Å². The van der Waals surface area contributed by atoms with E-state index in [0.29, 0.717) is 11.5 Å². The highest BCUT2D eigenvalue weighted by molar-refractivity contribution is 6.12. The van der Waals surface area contributed by atoms with E-state index in [4.69, 9.17) is 23.7 Å². The largest absolute Gasteiger partial charge is 0.491 e. The lowest BCUT2D eigenvalue weighted by molar-refractivity contribution is -0.210. The van der Waals surface area contributed by atoms with E-state index in [-0.39, 0.29) is 12.1 Å². The fourth-order valence-electron chi connectivity index (χ4n) is 5.91. The van der Waals surface area contributed by atoms with E-state index in [2.05, 4.69) is 42.3 Å². The predicted octanol–water partition coefficient (Wildman–Crippen LogP) is 8.09. The highest BCUT2D eigenvalue weighted by atomic mass is 28.1. The Bertz CT molecular complexity index is 1620. The second kappa shape index (κ2) is 14.5. The minimum absolute atomic E-state index is 0.0768. The third-order valence-electron chi connectivity index (χ3n) is 7.93. The maximum absolute atomic E-state index is 7.10. The van der Waals surface area contributed by atoms with Gasteiger partial charge in [-0.15, -0.1) is 0 Å². The molecule has 1 aliphatic rings. The zero-order valence-corrected chi connectivity index (χ0v) is 26.5. The van der Waals surface area contributed by atoms with Crippen LogP contribution in [0.4, 0.5) is 0 Å². The van der Waals surface area contributed by atoms with Crippen LogP contribution in [-0.4, -0.2) is 41.3 Å². The molecule has 0 bridgehead atoms. The quantitative estimate of drug-likeness (QED) is 0.141. The van der Waals surface area contributed by atoms with Gasteiger partial charge in [0, 0.05) is 10.2 Å². The summed E-state index contributed by atoms with van der Waals surface area (Å²) in [6, 6.07) is 45.5. The fraction of sp³-hybridized carbons (Fsp3) is 0.231. The summed E-state index contributed by atoms with van der Waals surface area (Å²) in [7, 11) is 3.92. The Labute approximate surface area is 269 Å². The first kappa shape index (κ1) is 30.5. The van der Waals surface area contributed by atoms with Gasteiger partial charge in [-0.05, 0) is 77.7 Å². The van der Waals surface area contributed by atoms with Crippen molar-refractivity contribution in [2.24, 2.45) is 0 Å². The van der Waals surface area contributed by atoms with Crippen LogP contribution in [0.2, 0.25) is 0 Å². The van der Waals surface area contributed by atoms with Gasteiger partial charge in [0.25, 0.3) is 0 Å². The molecule has 0 amide bonds. The summed E-state index contributed by atoms with van der Waals surface area (Å²) in [5.41, 5.74) is 3.43. The molecule has 0 spiro atoms. The summed E-state index contributed by atoms with van der Waals surface area (Å²) < 4.78 is 34.0. The molecule has 227 valence electrons. The molecule has 1 fully saturated rings. The Hall–Kier alpha value is -4.52. The maximum atomic E-state index is 7.10. The lowest BCUT2D eigenvalue weighted by Gasteiger charge is -2.46. The van der Waals surface area contributed by atoms with Crippen molar-refractivity contribution in [3.8, 4) is 23.0 Å². The summed E-state index contributed by atoms with van der Waals surface area (Å²) in [5.74, 6) is 2.90. The van der Waals surface area contributed by atoms with Gasteiger partial charge in [-0.25, -0.2) is 0 Å². The molecule has 5 nitrogen and oxygen atoms in total. The van der Waals surface area contributed by atoms with Gasteiger partial charge in [0.2, 0.25) is 0 Å². The van der Waals surface area contributed by atoms with Gasteiger partial charge in [0.05, 0.1) is 0 Å². The molecule has 0 aliphatic carbocycles. The summed E-state index contributed by atoms with van der Waals surface area (Å²) in [4.78, 5) is 0. The number of rotatable bonds is 11. The van der Waals surface area contributed by atoms with Crippen LogP contribution < -0.4 is 18.9 Å². The van der Waals surface area contributed by atoms with Crippen LogP contribution >= 0.6 is 0 Å². The highest BCUT2D eigenvalue weighted by Crippen LogP contribution is 2.41. The average Bonchev–Trinajstić information content (AvgIpc) is 3.07. The molecule has 1 unspecified atom stereocenters. The first-order valence-corrected chi connectivity index (χ1v) is 15.9. The van der Waals surface area contributed by atoms with Gasteiger partial charge in [-0.2, -0.15) is 0 Å². The molecule has 45 heavy (non-hydrogen) atoms. The van der Waals surface area contributed by atoms with Crippen LogP contribution in [0.3, 0.4) is 0 Å². The third-order valence-corrected chi connectivity index (χ3v) is 8.22. The molecule has 1 aliphatic heterocycles. The lowest BCUT2D eigenvalue weighted by Crippen LogP contribution is -2.62. The van der Waals surface area contributed by atoms with Crippen molar-refractivity contribution >= 4 is 10.2 Å². The molecule has 5 aromatic carbocycles. The van der Waals surface area contributed by atoms with Gasteiger partial charge in [0.1, 0.15) is 41.8 Å². The molecule has 6 rings (SSSR count). The predicted molar refractivity (Wildman–Crippen MR) is 177 cm³/mol. The summed E-state index contributed by atoms with van der Waals surface area (Å²) in [6.45, 7) is 4.50. The second-order valence-corrected chi connectivity index (χ2v) is 12.1. The van der Waals surface area contributed by atoms with Crippen LogP contribution in [0, 0.1) is 6.92 Å². The molecular weight excluding hydrogens is 577 g/mol. The van der Waals surface area contributed by atoms with E-state index in [1.165, 1.54) is 0 Å². The molecular formula is C39H37O5Si. The minimum Gasteiger partial charge on any atom is -0.491 e. The summed E-state index contributed by atoms with van der Waals surface area (Å²) in [6.07, 6.45) is -2.78. The van der Waals surface area contributed by atoms with Crippen molar-refractivity contribution < 1.29 is 23.7 Å². The molecule has 0 aromatic heterocycles. The topological polar surface area (TPSA) is 46.2 Å². The molecule has 6 atom stereocenters. The van der Waals surface area contributed by atoms with Gasteiger partial charge < -0.3 is 23.7 Å². The minimum atomic E-state index is -0.589. The van der Waals surface area contributed by atoms with E-state index in [1.54, 1.807) is 0 Å². The first-order valence-electron chi connectivity index (χ1n) is 15.4. The van der Waals surface area contributed by atoms with Crippen LogP contribution in [0.15, 0.2) is 140 Å². The Morgan fingerprint density at radius 1 is 0.578 bits per heavy atom. The van der Waals surface area contributed by atoms with Crippen molar-refractivity contribution in [3.05, 3.63) is 156 Å². The SMILES string of the molecule is Cc1cccc([C@H]2O[C@H](COc3ccccc3)[C@@H](Oc3ccccc3)[C@H](Oc3ccccc3)[C@@H]2Oc2ccccc2)c1C(C)[Si]. The number of aryl methyl sites for hydroxylation is 1. The number of ether oxygens (including phenoxy) is 5. The monoisotopic (exact) mass is 613 g/mol. The van der Waals surface area contributed by atoms with Gasteiger partial charge in [0.15, 0.2) is 18.3 Å². The number of hydrogen-bond donors (Lipinski definition) is 0. The smallest absolute Gasteiger partial charge is 0.178 e. The normalized spacial score (nSPS) is 21.8. The van der Waals surface area contributed by atoms with Crippen molar-refractivity contribution in [2.75, 3.05) is 6.61 Å². The maximum Gasteiger partial charge on any atom is 0.178 e. The molecule has 0 saturated carbocycles. The van der Waals surface area contributed by atoms with Crippen LogP contribution in [0.25, 0.3) is 0 Å². The highest BCUT2D eigenvalue weighted by Gasteiger charge is 2.52. The fourth-order valence-corrected chi connectivity index (χ4v) is 6.31. The van der Waals surface area contributed by atoms with Gasteiger partial charge in [-0.3, -0.25) is 0 Å². The van der Waals surface area contributed by atoms with Crippen molar-refractivity contribution in [3.63, 3.8) is 0 Å². The Morgan fingerprint density at radius 2 is 1.04 bits per heavy atom. The van der Waals surface area contributed by atoms with Crippen molar-refractivity contribution in [2.45, 2.75) is 49.9 Å². The van der Waals surface area contributed by atoms with E-state index in [1.807, 2.05) is 121 Å². The molecule has 3 radical (unpaired) electrons. The molecule has 1 saturated heterocycles. The van der Waals surface area contributed by atoms with Crippen molar-refractivity contribution in [1.29, 1.82) is 0 Å². The second-order valence-electron chi connectivity index (χ2n) is 11.2. The van der Waals surface area contributed by atoms with Crippen LogP contribution in [-0.2, 0) is 4.74 Å². The number of para-hydroxylation sites is 4. The molecule has 0 N–H and O–H groups in total. The van der Waals surface area contributed by atoms with Gasteiger partial charge in [-0.1, -0.05) is 97.9 Å². The van der Waals surface area contributed by atoms with E-state index >= 15 is 0 Å². The summed E-state index contributed by atoms with van der Waals surface area (Å²) in [5, 5.41) is 0.